The molecule has 0 spiro atoms. The molecule has 104 valence electrons. The second-order valence-electron chi connectivity index (χ2n) is 5.30. The molecule has 3 nitrogen and oxygen atoms in total. The molecular formula is C16H24N2O. The summed E-state index contributed by atoms with van der Waals surface area (Å²) in [5.74, 6) is 0.199. The number of carbonyl (C=O) groups excluding carboxylic acids is 1. The standard InChI is InChI=1S/C16H24N2O/c19-16(18-15-10-4-5-12-17-13-15)11-6-9-14-7-2-1-3-8-14/h1-3,7-8,15,17H,4-6,9-13H2,(H,18,19). The highest BCUT2D eigenvalue weighted by atomic mass is 16.1. The maximum atomic E-state index is 11.9. The van der Waals surface area contributed by atoms with Gasteiger partial charge in [0.1, 0.15) is 0 Å². The zero-order valence-corrected chi connectivity index (χ0v) is 11.5. The normalized spacial score (nSPS) is 19.7. The van der Waals surface area contributed by atoms with Gasteiger partial charge in [-0.2, -0.15) is 0 Å². The Kier molecular flexibility index (Phi) is 5.89. The topological polar surface area (TPSA) is 41.1 Å². The van der Waals surface area contributed by atoms with E-state index in [4.69, 9.17) is 0 Å². The maximum Gasteiger partial charge on any atom is 0.220 e. The van der Waals surface area contributed by atoms with Gasteiger partial charge < -0.3 is 10.6 Å². The van der Waals surface area contributed by atoms with Crippen LogP contribution in [0.15, 0.2) is 30.3 Å². The van der Waals surface area contributed by atoms with Crippen LogP contribution in [-0.2, 0) is 11.2 Å². The average molecular weight is 260 g/mol. The fraction of sp³-hybridized carbons (Fsp3) is 0.562. The fourth-order valence-corrected chi connectivity index (χ4v) is 2.54. The summed E-state index contributed by atoms with van der Waals surface area (Å²) in [6.45, 7) is 2.00. The van der Waals surface area contributed by atoms with Crippen molar-refractivity contribution < 1.29 is 4.79 Å². The number of hydrogen-bond donors (Lipinski definition) is 2. The third-order valence-corrected chi connectivity index (χ3v) is 3.62. The largest absolute Gasteiger partial charge is 0.352 e. The highest BCUT2D eigenvalue weighted by Gasteiger charge is 2.13. The van der Waals surface area contributed by atoms with Crippen LogP contribution in [-0.4, -0.2) is 25.0 Å². The van der Waals surface area contributed by atoms with E-state index in [0.717, 1.165) is 32.4 Å². The number of benzene rings is 1. The Morgan fingerprint density at radius 1 is 1.26 bits per heavy atom. The minimum Gasteiger partial charge on any atom is -0.352 e. The van der Waals surface area contributed by atoms with Crippen molar-refractivity contribution in [1.82, 2.24) is 10.6 Å². The Balaban J connectivity index is 1.64. The Morgan fingerprint density at radius 3 is 2.95 bits per heavy atom. The van der Waals surface area contributed by atoms with Gasteiger partial charge in [0.15, 0.2) is 0 Å². The second-order valence-corrected chi connectivity index (χ2v) is 5.30. The quantitative estimate of drug-likeness (QED) is 0.852. The van der Waals surface area contributed by atoms with E-state index in [1.807, 2.05) is 18.2 Å². The summed E-state index contributed by atoms with van der Waals surface area (Å²) in [5.41, 5.74) is 1.31. The van der Waals surface area contributed by atoms with Crippen LogP contribution in [0.5, 0.6) is 0 Å². The van der Waals surface area contributed by atoms with E-state index in [1.165, 1.54) is 18.4 Å². The highest BCUT2D eigenvalue weighted by Crippen LogP contribution is 2.07. The highest BCUT2D eigenvalue weighted by molar-refractivity contribution is 5.76. The summed E-state index contributed by atoms with van der Waals surface area (Å²) in [7, 11) is 0. The number of rotatable bonds is 5. The predicted molar refractivity (Wildman–Crippen MR) is 78.0 cm³/mol. The molecule has 19 heavy (non-hydrogen) atoms. The lowest BCUT2D eigenvalue weighted by molar-refractivity contribution is -0.121. The van der Waals surface area contributed by atoms with Crippen LogP contribution >= 0.6 is 0 Å². The van der Waals surface area contributed by atoms with Gasteiger partial charge in [-0.25, -0.2) is 0 Å². The molecule has 0 bridgehead atoms. The molecule has 3 heteroatoms. The number of aryl methyl sites for hydroxylation is 1. The molecular weight excluding hydrogens is 236 g/mol. The lowest BCUT2D eigenvalue weighted by Crippen LogP contribution is -2.40. The Morgan fingerprint density at radius 2 is 2.11 bits per heavy atom. The predicted octanol–water partition coefficient (Wildman–Crippen LogP) is 2.27. The van der Waals surface area contributed by atoms with Gasteiger partial charge in [0.2, 0.25) is 5.91 Å². The van der Waals surface area contributed by atoms with Crippen LogP contribution in [0.25, 0.3) is 0 Å². The van der Waals surface area contributed by atoms with Gasteiger partial charge in [-0.3, -0.25) is 4.79 Å². The Hall–Kier alpha value is -1.35. The van der Waals surface area contributed by atoms with Crippen molar-refractivity contribution in [2.24, 2.45) is 0 Å². The number of hydrogen-bond acceptors (Lipinski definition) is 2. The van der Waals surface area contributed by atoms with Crippen molar-refractivity contribution >= 4 is 5.91 Å². The minimum absolute atomic E-state index is 0.199. The average Bonchev–Trinajstić information content (AvgIpc) is 2.68. The molecule has 2 rings (SSSR count). The van der Waals surface area contributed by atoms with E-state index in [-0.39, 0.29) is 5.91 Å². The van der Waals surface area contributed by atoms with Crippen LogP contribution in [0.3, 0.4) is 0 Å². The van der Waals surface area contributed by atoms with Crippen LogP contribution in [0.2, 0.25) is 0 Å². The van der Waals surface area contributed by atoms with E-state index in [2.05, 4.69) is 22.8 Å². The summed E-state index contributed by atoms with van der Waals surface area (Å²) in [6, 6.07) is 10.7. The first-order valence-electron chi connectivity index (χ1n) is 7.38. The first-order chi connectivity index (χ1) is 9.34. The molecule has 1 aromatic rings. The van der Waals surface area contributed by atoms with E-state index in [1.54, 1.807) is 0 Å². The van der Waals surface area contributed by atoms with Crippen molar-refractivity contribution in [1.29, 1.82) is 0 Å². The zero-order chi connectivity index (χ0) is 13.3. The molecule has 1 aliphatic rings. The maximum absolute atomic E-state index is 11.9. The van der Waals surface area contributed by atoms with Gasteiger partial charge >= 0.3 is 0 Å². The molecule has 1 atom stereocenters. The molecule has 1 amide bonds. The van der Waals surface area contributed by atoms with Crippen molar-refractivity contribution in [3.63, 3.8) is 0 Å². The van der Waals surface area contributed by atoms with Gasteiger partial charge in [-0.15, -0.1) is 0 Å². The van der Waals surface area contributed by atoms with Gasteiger partial charge in [0.05, 0.1) is 0 Å². The molecule has 1 heterocycles. The van der Waals surface area contributed by atoms with Crippen LogP contribution in [0.4, 0.5) is 0 Å². The first-order valence-corrected chi connectivity index (χ1v) is 7.38. The fourth-order valence-electron chi connectivity index (χ4n) is 2.54. The molecule has 2 N–H and O–H groups in total. The van der Waals surface area contributed by atoms with E-state index >= 15 is 0 Å². The Labute approximate surface area is 115 Å². The summed E-state index contributed by atoms with van der Waals surface area (Å²) >= 11 is 0. The monoisotopic (exact) mass is 260 g/mol. The van der Waals surface area contributed by atoms with Gasteiger partial charge in [-0.05, 0) is 37.8 Å². The molecule has 1 saturated heterocycles. The third-order valence-electron chi connectivity index (χ3n) is 3.62. The molecule has 1 aliphatic heterocycles. The van der Waals surface area contributed by atoms with Crippen molar-refractivity contribution in [2.75, 3.05) is 13.1 Å². The van der Waals surface area contributed by atoms with E-state index in [9.17, 15) is 4.79 Å². The molecule has 1 unspecified atom stereocenters. The van der Waals surface area contributed by atoms with E-state index < -0.39 is 0 Å². The zero-order valence-electron chi connectivity index (χ0n) is 11.5. The summed E-state index contributed by atoms with van der Waals surface area (Å²) < 4.78 is 0. The van der Waals surface area contributed by atoms with Crippen molar-refractivity contribution in [3.05, 3.63) is 35.9 Å². The van der Waals surface area contributed by atoms with Crippen LogP contribution in [0.1, 0.15) is 37.7 Å². The smallest absolute Gasteiger partial charge is 0.220 e. The lowest BCUT2D eigenvalue weighted by atomic mass is 10.1. The van der Waals surface area contributed by atoms with Crippen molar-refractivity contribution in [2.45, 2.75) is 44.6 Å². The molecule has 1 aromatic carbocycles. The second kappa shape index (κ2) is 7.95. The molecule has 0 aromatic heterocycles. The number of carbonyl (C=O) groups is 1. The summed E-state index contributed by atoms with van der Waals surface area (Å²) in [5, 5.41) is 6.51. The van der Waals surface area contributed by atoms with E-state index in [0.29, 0.717) is 12.5 Å². The first kappa shape index (κ1) is 14.1. The molecule has 0 aliphatic carbocycles. The molecule has 0 saturated carbocycles. The summed E-state index contributed by atoms with van der Waals surface area (Å²) in [6.07, 6.45) is 6.08. The van der Waals surface area contributed by atoms with Gasteiger partial charge in [0, 0.05) is 19.0 Å². The van der Waals surface area contributed by atoms with Gasteiger partial charge in [0.25, 0.3) is 0 Å². The number of amides is 1. The number of nitrogens with one attached hydrogen (secondary N) is 2. The van der Waals surface area contributed by atoms with Crippen molar-refractivity contribution in [3.8, 4) is 0 Å². The summed E-state index contributed by atoms with van der Waals surface area (Å²) in [4.78, 5) is 11.9. The third kappa shape index (κ3) is 5.43. The lowest BCUT2D eigenvalue weighted by Gasteiger charge is -2.16. The molecule has 0 radical (unpaired) electrons. The SMILES string of the molecule is O=C(CCCc1ccccc1)NC1CCCCNC1. The van der Waals surface area contributed by atoms with Crippen LogP contribution < -0.4 is 10.6 Å². The van der Waals surface area contributed by atoms with Crippen LogP contribution in [0, 0.1) is 0 Å². The Bertz CT molecular complexity index is 370. The van der Waals surface area contributed by atoms with Gasteiger partial charge in [-0.1, -0.05) is 36.8 Å². The molecule has 1 fully saturated rings. The minimum atomic E-state index is 0.199.